The van der Waals surface area contributed by atoms with Crippen LogP contribution < -0.4 is 0 Å². The van der Waals surface area contributed by atoms with E-state index < -0.39 is 11.9 Å². The molecular formula is C12H12BrFN2O2. The van der Waals surface area contributed by atoms with Crippen molar-refractivity contribution in [2.24, 2.45) is 5.92 Å². The first-order valence-corrected chi connectivity index (χ1v) is 6.27. The van der Waals surface area contributed by atoms with E-state index in [-0.39, 0.29) is 11.7 Å². The highest BCUT2D eigenvalue weighted by molar-refractivity contribution is 9.10. The first kappa shape index (κ1) is 13.0. The molecule has 0 amide bonds. The molecule has 2 N–H and O–H groups in total. The number of nitrogens with one attached hydrogen (secondary N) is 1. The van der Waals surface area contributed by atoms with Crippen LogP contribution in [0.4, 0.5) is 4.39 Å². The summed E-state index contributed by atoms with van der Waals surface area (Å²) in [7, 11) is 0. The number of aromatic amines is 1. The van der Waals surface area contributed by atoms with Gasteiger partial charge in [-0.15, -0.1) is 0 Å². The lowest BCUT2D eigenvalue weighted by molar-refractivity contribution is -0.141. The van der Waals surface area contributed by atoms with Crippen LogP contribution in [-0.2, 0) is 4.79 Å². The number of carboxylic acids is 1. The molecule has 0 aliphatic rings. The number of carbonyl (C=O) groups is 1. The van der Waals surface area contributed by atoms with Crippen LogP contribution in [0, 0.1) is 11.7 Å². The number of nitrogens with zero attached hydrogens (tertiary/aromatic N) is 1. The lowest BCUT2D eigenvalue weighted by Crippen LogP contribution is -2.17. The lowest BCUT2D eigenvalue weighted by Gasteiger charge is -2.12. The molecule has 1 heterocycles. The number of fused-ring (bicyclic) bond motifs is 1. The number of rotatable bonds is 3. The molecule has 0 bridgehead atoms. The Morgan fingerprint density at radius 3 is 2.78 bits per heavy atom. The molecule has 96 valence electrons. The highest BCUT2D eigenvalue weighted by Gasteiger charge is 2.23. The van der Waals surface area contributed by atoms with Crippen LogP contribution in [0.25, 0.3) is 11.0 Å². The Bertz CT molecular complexity index is 572. The minimum atomic E-state index is -0.879. The first-order valence-electron chi connectivity index (χ1n) is 5.47. The standard InChI is InChI=1S/C12H12BrFN2O2/c1-5(6(2)12(17)18)11-15-9-3-7(13)8(14)4-10(9)16-11/h3-6H,1-2H3,(H,15,16)(H,17,18). The number of aliphatic carboxylic acids is 1. The van der Waals surface area contributed by atoms with Crippen molar-refractivity contribution < 1.29 is 14.3 Å². The molecule has 2 atom stereocenters. The fourth-order valence-corrected chi connectivity index (χ4v) is 2.02. The van der Waals surface area contributed by atoms with Crippen LogP contribution in [-0.4, -0.2) is 21.0 Å². The summed E-state index contributed by atoms with van der Waals surface area (Å²) in [5, 5.41) is 8.97. The molecule has 18 heavy (non-hydrogen) atoms. The van der Waals surface area contributed by atoms with E-state index in [0.717, 1.165) is 0 Å². The maximum atomic E-state index is 13.4. The van der Waals surface area contributed by atoms with Crippen LogP contribution in [0.15, 0.2) is 16.6 Å². The van der Waals surface area contributed by atoms with Gasteiger partial charge in [-0.05, 0) is 22.0 Å². The van der Waals surface area contributed by atoms with Gasteiger partial charge in [-0.2, -0.15) is 0 Å². The second kappa shape index (κ2) is 4.68. The molecule has 6 heteroatoms. The Kier molecular flexibility index (Phi) is 3.38. The van der Waals surface area contributed by atoms with Crippen molar-refractivity contribution >= 4 is 32.9 Å². The normalized spacial score (nSPS) is 14.7. The Morgan fingerprint density at radius 1 is 1.50 bits per heavy atom. The molecule has 0 saturated carbocycles. The molecule has 2 unspecified atom stereocenters. The molecule has 1 aromatic heterocycles. The number of hydrogen-bond donors (Lipinski definition) is 2. The third-order valence-corrected chi connectivity index (χ3v) is 3.72. The van der Waals surface area contributed by atoms with Crippen LogP contribution in [0.2, 0.25) is 0 Å². The Balaban J connectivity index is 2.44. The molecule has 0 aliphatic heterocycles. The highest BCUT2D eigenvalue weighted by atomic mass is 79.9. The zero-order valence-electron chi connectivity index (χ0n) is 9.87. The molecule has 1 aromatic carbocycles. The molecule has 4 nitrogen and oxygen atoms in total. The smallest absolute Gasteiger partial charge is 0.306 e. The second-order valence-electron chi connectivity index (χ2n) is 4.32. The van der Waals surface area contributed by atoms with Gasteiger partial charge in [0.15, 0.2) is 0 Å². The van der Waals surface area contributed by atoms with E-state index in [0.29, 0.717) is 21.3 Å². The maximum absolute atomic E-state index is 13.4. The predicted molar refractivity (Wildman–Crippen MR) is 69.0 cm³/mol. The molecule has 0 fully saturated rings. The van der Waals surface area contributed by atoms with E-state index in [1.54, 1.807) is 19.9 Å². The SMILES string of the molecule is CC(C(=O)O)C(C)c1nc2cc(Br)c(F)cc2[nH]1. The number of benzene rings is 1. The zero-order valence-corrected chi connectivity index (χ0v) is 11.5. The third-order valence-electron chi connectivity index (χ3n) is 3.11. The summed E-state index contributed by atoms with van der Waals surface area (Å²) >= 11 is 3.09. The van der Waals surface area contributed by atoms with Crippen molar-refractivity contribution in [2.45, 2.75) is 19.8 Å². The van der Waals surface area contributed by atoms with E-state index >= 15 is 0 Å². The summed E-state index contributed by atoms with van der Waals surface area (Å²) in [6, 6.07) is 2.91. The Morgan fingerprint density at radius 2 is 2.17 bits per heavy atom. The summed E-state index contributed by atoms with van der Waals surface area (Å²) in [6.45, 7) is 3.40. The van der Waals surface area contributed by atoms with Gasteiger partial charge in [0.2, 0.25) is 0 Å². The fraction of sp³-hybridized carbons (Fsp3) is 0.333. The molecule has 0 saturated heterocycles. The molecular weight excluding hydrogens is 303 g/mol. The Labute approximate surface area is 111 Å². The largest absolute Gasteiger partial charge is 0.481 e. The number of aromatic nitrogens is 2. The quantitative estimate of drug-likeness (QED) is 0.913. The van der Waals surface area contributed by atoms with E-state index in [2.05, 4.69) is 25.9 Å². The van der Waals surface area contributed by atoms with E-state index in [1.165, 1.54) is 6.07 Å². The number of imidazole rings is 1. The van der Waals surface area contributed by atoms with Crippen molar-refractivity contribution in [3.05, 3.63) is 28.2 Å². The summed E-state index contributed by atoms with van der Waals surface area (Å²) in [5.41, 5.74) is 1.18. The van der Waals surface area contributed by atoms with Gasteiger partial charge in [0.05, 0.1) is 21.4 Å². The summed E-state index contributed by atoms with van der Waals surface area (Å²) in [4.78, 5) is 18.2. The number of H-pyrrole nitrogens is 1. The van der Waals surface area contributed by atoms with Gasteiger partial charge in [0.25, 0.3) is 0 Å². The maximum Gasteiger partial charge on any atom is 0.306 e. The van der Waals surface area contributed by atoms with Gasteiger partial charge in [-0.3, -0.25) is 4.79 Å². The second-order valence-corrected chi connectivity index (χ2v) is 5.18. The average Bonchev–Trinajstić information content (AvgIpc) is 2.70. The van der Waals surface area contributed by atoms with E-state index in [4.69, 9.17) is 5.11 Å². The van der Waals surface area contributed by atoms with Crippen molar-refractivity contribution in [3.63, 3.8) is 0 Å². The van der Waals surface area contributed by atoms with Gasteiger partial charge >= 0.3 is 5.97 Å². The zero-order chi connectivity index (χ0) is 13.4. The van der Waals surface area contributed by atoms with Crippen LogP contribution in [0.3, 0.4) is 0 Å². The molecule has 0 radical (unpaired) electrons. The molecule has 0 spiro atoms. The Hall–Kier alpha value is -1.43. The van der Waals surface area contributed by atoms with Gasteiger partial charge in [0.1, 0.15) is 11.6 Å². The monoisotopic (exact) mass is 314 g/mol. The fourth-order valence-electron chi connectivity index (χ4n) is 1.69. The van der Waals surface area contributed by atoms with Crippen LogP contribution in [0.1, 0.15) is 25.6 Å². The summed E-state index contributed by atoms with van der Waals surface area (Å²) in [5.74, 6) is -1.53. The van der Waals surface area contributed by atoms with Crippen molar-refractivity contribution in [3.8, 4) is 0 Å². The van der Waals surface area contributed by atoms with Crippen molar-refractivity contribution in [1.82, 2.24) is 9.97 Å². The number of halogens is 2. The minimum absolute atomic E-state index is 0.267. The summed E-state index contributed by atoms with van der Waals surface area (Å²) < 4.78 is 13.7. The topological polar surface area (TPSA) is 66.0 Å². The van der Waals surface area contributed by atoms with Gasteiger partial charge in [0, 0.05) is 12.0 Å². The minimum Gasteiger partial charge on any atom is -0.481 e. The summed E-state index contributed by atoms with van der Waals surface area (Å²) in [6.07, 6.45) is 0. The van der Waals surface area contributed by atoms with E-state index in [1.807, 2.05) is 0 Å². The van der Waals surface area contributed by atoms with Gasteiger partial charge in [-0.25, -0.2) is 9.37 Å². The molecule has 2 aromatic rings. The van der Waals surface area contributed by atoms with Crippen LogP contribution in [0.5, 0.6) is 0 Å². The van der Waals surface area contributed by atoms with E-state index in [9.17, 15) is 9.18 Å². The third kappa shape index (κ3) is 2.25. The van der Waals surface area contributed by atoms with Crippen molar-refractivity contribution in [1.29, 1.82) is 0 Å². The molecule has 2 rings (SSSR count). The van der Waals surface area contributed by atoms with Crippen molar-refractivity contribution in [2.75, 3.05) is 0 Å². The highest BCUT2D eigenvalue weighted by Crippen LogP contribution is 2.27. The number of hydrogen-bond acceptors (Lipinski definition) is 2. The van der Waals surface area contributed by atoms with Gasteiger partial charge in [-0.1, -0.05) is 13.8 Å². The lowest BCUT2D eigenvalue weighted by atomic mass is 9.96. The number of carboxylic acid groups (broad SMARTS) is 1. The predicted octanol–water partition coefficient (Wildman–Crippen LogP) is 3.29. The van der Waals surface area contributed by atoms with Crippen LogP contribution >= 0.6 is 15.9 Å². The molecule has 0 aliphatic carbocycles. The average molecular weight is 315 g/mol. The first-order chi connectivity index (χ1) is 8.40. The van der Waals surface area contributed by atoms with Gasteiger partial charge < -0.3 is 10.1 Å².